The molecule has 1 heterocycles. The van der Waals surface area contributed by atoms with Crippen LogP contribution in [0.15, 0.2) is 6.20 Å². The first-order valence-electron chi connectivity index (χ1n) is 7.70. The second-order valence-electron chi connectivity index (χ2n) is 5.63. The molecule has 1 aliphatic rings. The lowest BCUT2D eigenvalue weighted by molar-refractivity contribution is -0.121. The van der Waals surface area contributed by atoms with E-state index in [1.165, 1.54) is 24.8 Å². The molecule has 1 aromatic heterocycles. The summed E-state index contributed by atoms with van der Waals surface area (Å²) in [6, 6.07) is 0.391. The lowest BCUT2D eigenvalue weighted by atomic mass is 9.95. The van der Waals surface area contributed by atoms with E-state index >= 15 is 0 Å². The molecule has 5 heteroatoms. The van der Waals surface area contributed by atoms with Crippen molar-refractivity contribution in [2.24, 2.45) is 7.05 Å². The van der Waals surface area contributed by atoms with Crippen LogP contribution < -0.4 is 10.6 Å². The Morgan fingerprint density at radius 3 is 2.85 bits per heavy atom. The SMILES string of the molecule is CCc1nn(C)cc1CNCC(=O)NC1CCCCC1. The van der Waals surface area contributed by atoms with Crippen LogP contribution in [0.1, 0.15) is 50.3 Å². The molecule has 1 fully saturated rings. The fraction of sp³-hybridized carbons (Fsp3) is 0.733. The van der Waals surface area contributed by atoms with Gasteiger partial charge in [0.25, 0.3) is 0 Å². The van der Waals surface area contributed by atoms with Crippen molar-refractivity contribution < 1.29 is 4.79 Å². The van der Waals surface area contributed by atoms with E-state index < -0.39 is 0 Å². The van der Waals surface area contributed by atoms with E-state index in [4.69, 9.17) is 0 Å². The zero-order valence-corrected chi connectivity index (χ0v) is 12.6. The van der Waals surface area contributed by atoms with E-state index in [1.807, 2.05) is 17.9 Å². The van der Waals surface area contributed by atoms with Gasteiger partial charge in [0.2, 0.25) is 5.91 Å². The number of carbonyl (C=O) groups is 1. The van der Waals surface area contributed by atoms with Crippen LogP contribution in [0.4, 0.5) is 0 Å². The number of aryl methyl sites for hydroxylation is 2. The van der Waals surface area contributed by atoms with Crippen molar-refractivity contribution in [3.63, 3.8) is 0 Å². The minimum Gasteiger partial charge on any atom is -0.352 e. The molecule has 0 aromatic carbocycles. The second kappa shape index (κ2) is 7.43. The Bertz CT molecular complexity index is 435. The molecular weight excluding hydrogens is 252 g/mol. The monoisotopic (exact) mass is 278 g/mol. The summed E-state index contributed by atoms with van der Waals surface area (Å²) < 4.78 is 1.83. The number of carbonyl (C=O) groups excluding carboxylic acids is 1. The molecule has 2 rings (SSSR count). The summed E-state index contributed by atoms with van der Waals surface area (Å²) in [5.41, 5.74) is 2.29. The van der Waals surface area contributed by atoms with Gasteiger partial charge in [-0.15, -0.1) is 0 Å². The number of hydrogen-bond acceptors (Lipinski definition) is 3. The third kappa shape index (κ3) is 4.34. The fourth-order valence-corrected chi connectivity index (χ4v) is 2.87. The van der Waals surface area contributed by atoms with Crippen molar-refractivity contribution in [2.75, 3.05) is 6.54 Å². The van der Waals surface area contributed by atoms with Crippen LogP contribution in [0.5, 0.6) is 0 Å². The molecule has 0 bridgehead atoms. The molecule has 0 spiro atoms. The van der Waals surface area contributed by atoms with Gasteiger partial charge in [-0.05, 0) is 19.3 Å². The number of aromatic nitrogens is 2. The van der Waals surface area contributed by atoms with E-state index in [1.54, 1.807) is 0 Å². The van der Waals surface area contributed by atoms with Crippen LogP contribution >= 0.6 is 0 Å². The fourth-order valence-electron chi connectivity index (χ4n) is 2.87. The molecule has 20 heavy (non-hydrogen) atoms. The van der Waals surface area contributed by atoms with E-state index in [9.17, 15) is 4.79 Å². The molecule has 5 nitrogen and oxygen atoms in total. The zero-order chi connectivity index (χ0) is 14.4. The van der Waals surface area contributed by atoms with Gasteiger partial charge in [-0.25, -0.2) is 0 Å². The number of nitrogens with zero attached hydrogens (tertiary/aromatic N) is 2. The van der Waals surface area contributed by atoms with Crippen LogP contribution in [0.25, 0.3) is 0 Å². The smallest absolute Gasteiger partial charge is 0.234 e. The van der Waals surface area contributed by atoms with Crippen molar-refractivity contribution in [3.8, 4) is 0 Å². The lowest BCUT2D eigenvalue weighted by Crippen LogP contribution is -2.41. The predicted molar refractivity (Wildman–Crippen MR) is 79.3 cm³/mol. The average molecular weight is 278 g/mol. The molecule has 1 aliphatic carbocycles. The molecular formula is C15H26N4O. The molecule has 0 saturated heterocycles. The maximum atomic E-state index is 11.9. The van der Waals surface area contributed by atoms with Gasteiger partial charge in [0, 0.05) is 31.4 Å². The van der Waals surface area contributed by atoms with Crippen molar-refractivity contribution in [3.05, 3.63) is 17.5 Å². The number of hydrogen-bond donors (Lipinski definition) is 2. The first-order valence-corrected chi connectivity index (χ1v) is 7.70. The van der Waals surface area contributed by atoms with Crippen LogP contribution in [0, 0.1) is 0 Å². The van der Waals surface area contributed by atoms with E-state index in [2.05, 4.69) is 22.7 Å². The summed E-state index contributed by atoms with van der Waals surface area (Å²) in [5, 5.41) is 10.7. The summed E-state index contributed by atoms with van der Waals surface area (Å²) in [5.74, 6) is 0.110. The molecule has 2 N–H and O–H groups in total. The lowest BCUT2D eigenvalue weighted by Gasteiger charge is -2.22. The summed E-state index contributed by atoms with van der Waals surface area (Å²) >= 11 is 0. The highest BCUT2D eigenvalue weighted by molar-refractivity contribution is 5.78. The second-order valence-corrected chi connectivity index (χ2v) is 5.63. The molecule has 0 aliphatic heterocycles. The largest absolute Gasteiger partial charge is 0.352 e. The number of rotatable bonds is 6. The third-order valence-electron chi connectivity index (χ3n) is 3.90. The van der Waals surface area contributed by atoms with Crippen LogP contribution in [0.2, 0.25) is 0 Å². The Morgan fingerprint density at radius 1 is 1.40 bits per heavy atom. The Hall–Kier alpha value is -1.36. The van der Waals surface area contributed by atoms with Gasteiger partial charge in [0.15, 0.2) is 0 Å². The summed E-state index contributed by atoms with van der Waals surface area (Å²) in [7, 11) is 1.93. The topological polar surface area (TPSA) is 59.0 Å². The van der Waals surface area contributed by atoms with Crippen LogP contribution in [-0.4, -0.2) is 28.3 Å². The normalized spacial score (nSPS) is 16.3. The molecule has 1 aromatic rings. The van der Waals surface area contributed by atoms with Gasteiger partial charge in [-0.3, -0.25) is 9.48 Å². The average Bonchev–Trinajstić information content (AvgIpc) is 2.80. The first kappa shape index (κ1) is 15.0. The standard InChI is InChI=1S/C15H26N4O/c1-3-14-12(11-19(2)18-14)9-16-10-15(20)17-13-7-5-4-6-8-13/h11,13,16H,3-10H2,1-2H3,(H,17,20). The predicted octanol–water partition coefficient (Wildman–Crippen LogP) is 1.52. The van der Waals surface area contributed by atoms with Gasteiger partial charge in [-0.2, -0.15) is 5.10 Å². The summed E-state index contributed by atoms with van der Waals surface area (Å²) in [6.45, 7) is 3.19. The molecule has 0 atom stereocenters. The molecule has 1 amide bonds. The third-order valence-corrected chi connectivity index (χ3v) is 3.90. The Morgan fingerprint density at radius 2 is 2.15 bits per heavy atom. The van der Waals surface area contributed by atoms with Gasteiger partial charge in [0.05, 0.1) is 12.2 Å². The summed E-state index contributed by atoms with van der Waals surface area (Å²) in [6.07, 6.45) is 9.01. The van der Waals surface area contributed by atoms with Gasteiger partial charge in [0.1, 0.15) is 0 Å². The van der Waals surface area contributed by atoms with Gasteiger partial charge >= 0.3 is 0 Å². The minimum absolute atomic E-state index is 0.110. The van der Waals surface area contributed by atoms with Crippen molar-refractivity contribution >= 4 is 5.91 Å². The van der Waals surface area contributed by atoms with Gasteiger partial charge < -0.3 is 10.6 Å². The Balaban J connectivity index is 1.70. The maximum absolute atomic E-state index is 11.9. The maximum Gasteiger partial charge on any atom is 0.234 e. The van der Waals surface area contributed by atoms with Crippen LogP contribution in [0.3, 0.4) is 0 Å². The Labute approximate surface area is 121 Å². The highest BCUT2D eigenvalue weighted by atomic mass is 16.1. The number of amides is 1. The van der Waals surface area contributed by atoms with Crippen LogP contribution in [-0.2, 0) is 24.8 Å². The highest BCUT2D eigenvalue weighted by Crippen LogP contribution is 2.17. The molecule has 0 unspecified atom stereocenters. The number of nitrogens with one attached hydrogen (secondary N) is 2. The van der Waals surface area contributed by atoms with Crippen molar-refractivity contribution in [1.29, 1.82) is 0 Å². The Kier molecular flexibility index (Phi) is 5.59. The minimum atomic E-state index is 0.110. The van der Waals surface area contributed by atoms with E-state index in [0.29, 0.717) is 19.1 Å². The highest BCUT2D eigenvalue weighted by Gasteiger charge is 2.15. The zero-order valence-electron chi connectivity index (χ0n) is 12.6. The van der Waals surface area contributed by atoms with E-state index in [0.717, 1.165) is 25.0 Å². The molecule has 1 saturated carbocycles. The molecule has 112 valence electrons. The van der Waals surface area contributed by atoms with Crippen molar-refractivity contribution in [2.45, 2.75) is 58.0 Å². The van der Waals surface area contributed by atoms with Gasteiger partial charge in [-0.1, -0.05) is 26.2 Å². The summed E-state index contributed by atoms with van der Waals surface area (Å²) in [4.78, 5) is 11.9. The first-order chi connectivity index (χ1) is 9.69. The van der Waals surface area contributed by atoms with Crippen molar-refractivity contribution in [1.82, 2.24) is 20.4 Å². The molecule has 0 radical (unpaired) electrons. The van der Waals surface area contributed by atoms with E-state index in [-0.39, 0.29) is 5.91 Å². The quantitative estimate of drug-likeness (QED) is 0.829.